The van der Waals surface area contributed by atoms with Crippen molar-refractivity contribution in [2.45, 2.75) is 17.9 Å². The first-order chi connectivity index (χ1) is 11.3. The van der Waals surface area contributed by atoms with Gasteiger partial charge in [0.1, 0.15) is 22.4 Å². The van der Waals surface area contributed by atoms with Crippen LogP contribution >= 0.6 is 0 Å². The van der Waals surface area contributed by atoms with Crippen LogP contribution in [-0.2, 0) is 14.8 Å². The van der Waals surface area contributed by atoms with E-state index in [0.29, 0.717) is 0 Å². The van der Waals surface area contributed by atoms with Crippen molar-refractivity contribution in [1.29, 1.82) is 0 Å². The zero-order chi connectivity index (χ0) is 17.7. The average molecular weight is 352 g/mol. The van der Waals surface area contributed by atoms with Crippen molar-refractivity contribution >= 4 is 16.0 Å². The van der Waals surface area contributed by atoms with Crippen LogP contribution in [0.25, 0.3) is 0 Å². The van der Waals surface area contributed by atoms with E-state index in [4.69, 9.17) is 14.6 Å². The molecule has 1 aromatic heterocycles. The van der Waals surface area contributed by atoms with E-state index < -0.39 is 22.0 Å². The number of ether oxygens (including phenoxy) is 2. The number of hydrogen-bond acceptors (Lipinski definition) is 7. The average Bonchev–Trinajstić information content (AvgIpc) is 2.56. The largest absolute Gasteiger partial charge is 0.508 e. The molecule has 0 saturated carbocycles. The maximum atomic E-state index is 12.2. The lowest BCUT2D eigenvalue weighted by Crippen LogP contribution is -2.40. The molecule has 0 aliphatic rings. The summed E-state index contributed by atoms with van der Waals surface area (Å²) in [6.07, 6.45) is 1.12. The van der Waals surface area contributed by atoms with E-state index in [2.05, 4.69) is 9.71 Å². The van der Waals surface area contributed by atoms with Gasteiger partial charge in [-0.2, -0.15) is 4.72 Å². The Kier molecular flexibility index (Phi) is 5.37. The van der Waals surface area contributed by atoms with Crippen molar-refractivity contribution in [3.63, 3.8) is 0 Å². The van der Waals surface area contributed by atoms with E-state index >= 15 is 0 Å². The topological polar surface area (TPSA) is 115 Å². The minimum atomic E-state index is -3.94. The molecule has 24 heavy (non-hydrogen) atoms. The van der Waals surface area contributed by atoms with Crippen LogP contribution in [0.2, 0.25) is 0 Å². The maximum Gasteiger partial charge on any atom is 0.329 e. The number of methoxy groups -OCH3 is 1. The number of aromatic hydroxyl groups is 1. The van der Waals surface area contributed by atoms with Gasteiger partial charge < -0.3 is 14.6 Å². The number of carbonyl (C=O) groups excluding carboxylic acids is 1. The minimum Gasteiger partial charge on any atom is -0.508 e. The fourth-order valence-electron chi connectivity index (χ4n) is 1.71. The fourth-order valence-corrected chi connectivity index (χ4v) is 2.85. The summed E-state index contributed by atoms with van der Waals surface area (Å²) in [5, 5.41) is 9.17. The Bertz CT molecular complexity index is 803. The molecule has 1 atom stereocenters. The monoisotopic (exact) mass is 352 g/mol. The summed E-state index contributed by atoms with van der Waals surface area (Å²) >= 11 is 0. The molecular formula is C15H16N2O6S. The summed E-state index contributed by atoms with van der Waals surface area (Å²) in [7, 11) is -2.52. The zero-order valence-electron chi connectivity index (χ0n) is 13.0. The van der Waals surface area contributed by atoms with Crippen LogP contribution in [0.4, 0.5) is 0 Å². The van der Waals surface area contributed by atoms with Crippen LogP contribution in [0.1, 0.15) is 6.92 Å². The molecule has 0 saturated heterocycles. The van der Waals surface area contributed by atoms with Crippen molar-refractivity contribution < 1.29 is 27.8 Å². The summed E-state index contributed by atoms with van der Waals surface area (Å²) in [4.78, 5) is 15.7. The van der Waals surface area contributed by atoms with Crippen LogP contribution in [0, 0.1) is 0 Å². The van der Waals surface area contributed by atoms with Gasteiger partial charge in [0.15, 0.2) is 0 Å². The molecular weight excluding hydrogens is 336 g/mol. The summed E-state index contributed by atoms with van der Waals surface area (Å²) in [5.74, 6) is -0.301. The summed E-state index contributed by atoms with van der Waals surface area (Å²) in [6.45, 7) is 1.36. The van der Waals surface area contributed by atoms with Crippen LogP contribution in [0.15, 0.2) is 47.5 Å². The highest BCUT2D eigenvalue weighted by Gasteiger charge is 2.24. The number of rotatable bonds is 6. The normalized spacial score (nSPS) is 12.4. The summed E-state index contributed by atoms with van der Waals surface area (Å²) in [6, 6.07) is 7.07. The Morgan fingerprint density at radius 3 is 2.42 bits per heavy atom. The van der Waals surface area contributed by atoms with Crippen molar-refractivity contribution in [2.75, 3.05) is 7.11 Å². The molecule has 2 N–H and O–H groups in total. The second kappa shape index (κ2) is 7.28. The first kappa shape index (κ1) is 17.7. The second-order valence-corrected chi connectivity index (χ2v) is 6.51. The number of nitrogens with one attached hydrogen (secondary N) is 1. The van der Waals surface area contributed by atoms with Crippen molar-refractivity contribution in [3.8, 4) is 17.4 Å². The van der Waals surface area contributed by atoms with Crippen LogP contribution < -0.4 is 14.2 Å². The van der Waals surface area contributed by atoms with Gasteiger partial charge in [-0.25, -0.2) is 18.2 Å². The predicted octanol–water partition coefficient (Wildman–Crippen LogP) is 1.07. The molecule has 2 aromatic rings. The van der Waals surface area contributed by atoms with Crippen LogP contribution in [0.5, 0.6) is 17.4 Å². The predicted molar refractivity (Wildman–Crippen MR) is 84.3 cm³/mol. The number of benzene rings is 1. The van der Waals surface area contributed by atoms with E-state index in [0.717, 1.165) is 6.20 Å². The standard InChI is InChI=1S/C15H16N2O6S/c1-10(15(19)23-12-5-3-11(18)4-6-12)17-24(20,21)13-7-8-14(22-2)16-9-13/h3-10,17-18H,1-2H3. The Hall–Kier alpha value is -2.65. The van der Waals surface area contributed by atoms with Gasteiger partial charge in [-0.05, 0) is 37.3 Å². The number of sulfonamides is 1. The van der Waals surface area contributed by atoms with Crippen molar-refractivity contribution in [1.82, 2.24) is 9.71 Å². The third kappa shape index (κ3) is 4.43. The molecule has 0 radical (unpaired) electrons. The number of carbonyl (C=O) groups is 1. The molecule has 1 aromatic carbocycles. The van der Waals surface area contributed by atoms with Crippen LogP contribution in [0.3, 0.4) is 0 Å². The third-order valence-corrected chi connectivity index (χ3v) is 4.50. The number of pyridine rings is 1. The fraction of sp³-hybridized carbons (Fsp3) is 0.200. The molecule has 1 heterocycles. The number of hydrogen-bond donors (Lipinski definition) is 2. The second-order valence-electron chi connectivity index (χ2n) is 4.79. The van der Waals surface area contributed by atoms with Gasteiger partial charge in [-0.1, -0.05) is 0 Å². The molecule has 0 spiro atoms. The van der Waals surface area contributed by atoms with Crippen LogP contribution in [-0.4, -0.2) is 37.6 Å². The molecule has 0 aliphatic carbocycles. The molecule has 0 bridgehead atoms. The van der Waals surface area contributed by atoms with Crippen molar-refractivity contribution in [2.24, 2.45) is 0 Å². The molecule has 128 valence electrons. The molecule has 9 heteroatoms. The lowest BCUT2D eigenvalue weighted by Gasteiger charge is -2.13. The third-order valence-electron chi connectivity index (χ3n) is 2.97. The van der Waals surface area contributed by atoms with Crippen molar-refractivity contribution in [3.05, 3.63) is 42.6 Å². The number of aromatic nitrogens is 1. The van der Waals surface area contributed by atoms with Gasteiger partial charge in [0.05, 0.1) is 13.3 Å². The van der Waals surface area contributed by atoms with Gasteiger partial charge in [0, 0.05) is 6.07 Å². The number of esters is 1. The number of phenols is 1. The van der Waals surface area contributed by atoms with Gasteiger partial charge in [-0.15, -0.1) is 0 Å². The Morgan fingerprint density at radius 2 is 1.88 bits per heavy atom. The zero-order valence-corrected chi connectivity index (χ0v) is 13.8. The first-order valence-corrected chi connectivity index (χ1v) is 8.33. The quantitative estimate of drug-likeness (QED) is 0.590. The molecule has 1 unspecified atom stereocenters. The number of nitrogens with zero attached hydrogens (tertiary/aromatic N) is 1. The maximum absolute atomic E-state index is 12.2. The smallest absolute Gasteiger partial charge is 0.329 e. The highest BCUT2D eigenvalue weighted by atomic mass is 32.2. The molecule has 0 aliphatic heterocycles. The molecule has 8 nitrogen and oxygen atoms in total. The van der Waals surface area contributed by atoms with E-state index in [1.807, 2.05) is 0 Å². The summed E-state index contributed by atoms with van der Waals surface area (Å²) in [5.41, 5.74) is 0. The SMILES string of the molecule is COc1ccc(S(=O)(=O)NC(C)C(=O)Oc2ccc(O)cc2)cn1. The first-order valence-electron chi connectivity index (χ1n) is 6.85. The van der Waals surface area contributed by atoms with Gasteiger partial charge in [0.2, 0.25) is 15.9 Å². The lowest BCUT2D eigenvalue weighted by molar-refractivity contribution is -0.135. The number of phenolic OH excluding ortho intramolecular Hbond substituents is 1. The summed E-state index contributed by atoms with van der Waals surface area (Å²) < 4.78 is 36.5. The highest BCUT2D eigenvalue weighted by molar-refractivity contribution is 7.89. The van der Waals surface area contributed by atoms with E-state index in [-0.39, 0.29) is 22.3 Å². The molecule has 0 fully saturated rings. The van der Waals surface area contributed by atoms with E-state index in [9.17, 15) is 13.2 Å². The molecule has 2 rings (SSSR count). The van der Waals surface area contributed by atoms with E-state index in [1.165, 1.54) is 50.4 Å². The van der Waals surface area contributed by atoms with E-state index in [1.54, 1.807) is 0 Å². The Morgan fingerprint density at radius 1 is 1.21 bits per heavy atom. The lowest BCUT2D eigenvalue weighted by atomic mass is 10.3. The Balaban J connectivity index is 2.04. The highest BCUT2D eigenvalue weighted by Crippen LogP contribution is 2.17. The van der Waals surface area contributed by atoms with Gasteiger partial charge in [0.25, 0.3) is 0 Å². The van der Waals surface area contributed by atoms with Gasteiger partial charge >= 0.3 is 5.97 Å². The van der Waals surface area contributed by atoms with Gasteiger partial charge in [-0.3, -0.25) is 0 Å². The Labute approximate surface area is 139 Å². The minimum absolute atomic E-state index is 0.0237. The molecule has 0 amide bonds.